The molecule has 1 fully saturated rings. The summed E-state index contributed by atoms with van der Waals surface area (Å²) in [6.07, 6.45) is 0. The summed E-state index contributed by atoms with van der Waals surface area (Å²) < 4.78 is 0. The van der Waals surface area contributed by atoms with Crippen molar-refractivity contribution in [2.24, 2.45) is 0 Å². The second kappa shape index (κ2) is 4.97. The van der Waals surface area contributed by atoms with E-state index in [0.29, 0.717) is 13.2 Å². The van der Waals surface area contributed by atoms with Crippen LogP contribution in [0.25, 0.3) is 0 Å². The molecule has 0 bridgehead atoms. The Kier molecular flexibility index (Phi) is 3.39. The zero-order chi connectivity index (χ0) is 12.3. The van der Waals surface area contributed by atoms with Crippen LogP contribution >= 0.6 is 0 Å². The Morgan fingerprint density at radius 2 is 1.94 bits per heavy atom. The van der Waals surface area contributed by atoms with Crippen molar-refractivity contribution >= 4 is 11.9 Å². The molecule has 90 valence electrons. The third-order valence-electron chi connectivity index (χ3n) is 2.47. The molecule has 0 aliphatic carbocycles. The number of hydrogen-bond donors (Lipinski definition) is 0. The maximum Gasteiger partial charge on any atom is 0.352 e. The highest BCUT2D eigenvalue weighted by Gasteiger charge is 2.36. The fourth-order valence-corrected chi connectivity index (χ4v) is 1.71. The Morgan fingerprint density at radius 1 is 1.24 bits per heavy atom. The maximum atomic E-state index is 11.8. The highest BCUT2D eigenvalue weighted by molar-refractivity contribution is 6.00. The molecule has 2 rings (SSSR count). The first-order valence-electron chi connectivity index (χ1n) is 5.51. The summed E-state index contributed by atoms with van der Waals surface area (Å²) in [6, 6.07) is 9.16. The minimum absolute atomic E-state index is 0.0771. The second-order valence-corrected chi connectivity index (χ2v) is 3.73. The highest BCUT2D eigenvalue weighted by Crippen LogP contribution is 2.14. The first-order valence-corrected chi connectivity index (χ1v) is 5.51. The van der Waals surface area contributed by atoms with Gasteiger partial charge in [-0.15, -0.1) is 5.06 Å². The van der Waals surface area contributed by atoms with Gasteiger partial charge in [-0.3, -0.25) is 9.63 Å². The van der Waals surface area contributed by atoms with E-state index in [4.69, 9.17) is 4.84 Å². The van der Waals surface area contributed by atoms with E-state index in [1.54, 1.807) is 6.92 Å². The number of nitrogens with zero attached hydrogens (tertiary/aromatic N) is 2. The summed E-state index contributed by atoms with van der Waals surface area (Å²) in [4.78, 5) is 29.8. The van der Waals surface area contributed by atoms with Gasteiger partial charge in [-0.1, -0.05) is 30.3 Å². The average Bonchev–Trinajstić information content (AvgIpc) is 2.59. The Labute approximate surface area is 99.5 Å². The average molecular weight is 234 g/mol. The predicted molar refractivity (Wildman–Crippen MR) is 60.7 cm³/mol. The molecular formula is C12H14N2O3. The summed E-state index contributed by atoms with van der Waals surface area (Å²) >= 11 is 0. The van der Waals surface area contributed by atoms with Crippen LogP contribution in [0.1, 0.15) is 12.5 Å². The number of carbonyl (C=O) groups excluding carboxylic acids is 2. The van der Waals surface area contributed by atoms with Gasteiger partial charge in [0.2, 0.25) is 0 Å². The van der Waals surface area contributed by atoms with E-state index in [9.17, 15) is 9.59 Å². The van der Waals surface area contributed by atoms with Crippen LogP contribution in [0.5, 0.6) is 0 Å². The molecule has 0 aromatic heterocycles. The Morgan fingerprint density at radius 3 is 2.59 bits per heavy atom. The molecule has 0 radical (unpaired) electrons. The molecule has 0 spiro atoms. The summed E-state index contributed by atoms with van der Waals surface area (Å²) in [5.41, 5.74) is 0.993. The zero-order valence-electron chi connectivity index (χ0n) is 9.63. The monoisotopic (exact) mass is 234 g/mol. The molecule has 0 N–H and O–H groups in total. The van der Waals surface area contributed by atoms with E-state index in [1.807, 2.05) is 30.3 Å². The van der Waals surface area contributed by atoms with Crippen molar-refractivity contribution in [3.63, 3.8) is 0 Å². The van der Waals surface area contributed by atoms with Crippen molar-refractivity contribution in [2.75, 3.05) is 13.2 Å². The largest absolute Gasteiger partial charge is 0.352 e. The van der Waals surface area contributed by atoms with Crippen LogP contribution in [0.4, 0.5) is 4.79 Å². The SMILES string of the molecule is CCON1C(=O)CN(Cc2ccccc2)C1=O. The molecule has 1 aromatic carbocycles. The van der Waals surface area contributed by atoms with E-state index in [-0.39, 0.29) is 18.5 Å². The molecule has 1 saturated heterocycles. The molecular weight excluding hydrogens is 220 g/mol. The molecule has 1 aliphatic heterocycles. The van der Waals surface area contributed by atoms with Gasteiger partial charge in [-0.25, -0.2) is 4.79 Å². The molecule has 5 heteroatoms. The van der Waals surface area contributed by atoms with Gasteiger partial charge < -0.3 is 4.90 Å². The molecule has 17 heavy (non-hydrogen) atoms. The van der Waals surface area contributed by atoms with Gasteiger partial charge in [0.05, 0.1) is 6.61 Å². The first-order chi connectivity index (χ1) is 8.22. The van der Waals surface area contributed by atoms with E-state index >= 15 is 0 Å². The normalized spacial score (nSPS) is 15.8. The lowest BCUT2D eigenvalue weighted by Gasteiger charge is -2.15. The number of benzene rings is 1. The van der Waals surface area contributed by atoms with Crippen molar-refractivity contribution < 1.29 is 14.4 Å². The van der Waals surface area contributed by atoms with E-state index < -0.39 is 0 Å². The number of imide groups is 1. The third kappa shape index (κ3) is 2.45. The first kappa shape index (κ1) is 11.6. The van der Waals surface area contributed by atoms with Gasteiger partial charge in [0.1, 0.15) is 6.54 Å². The predicted octanol–water partition coefficient (Wildman–Crippen LogP) is 1.40. The Bertz CT molecular complexity index is 419. The lowest BCUT2D eigenvalue weighted by molar-refractivity contribution is -0.160. The minimum atomic E-state index is -0.388. The van der Waals surface area contributed by atoms with Crippen molar-refractivity contribution in [1.82, 2.24) is 9.96 Å². The molecule has 1 aromatic rings. The quantitative estimate of drug-likeness (QED) is 0.740. The van der Waals surface area contributed by atoms with Crippen LogP contribution < -0.4 is 0 Å². The molecule has 1 aliphatic rings. The lowest BCUT2D eigenvalue weighted by Crippen LogP contribution is -2.32. The molecule has 0 atom stereocenters. The summed E-state index contributed by atoms with van der Waals surface area (Å²) in [6.45, 7) is 2.54. The van der Waals surface area contributed by atoms with Gasteiger partial charge in [-0.2, -0.15) is 0 Å². The van der Waals surface area contributed by atoms with Crippen molar-refractivity contribution in [3.05, 3.63) is 35.9 Å². The Balaban J connectivity index is 2.04. The molecule has 0 saturated carbocycles. The van der Waals surface area contributed by atoms with Crippen LogP contribution in [0.2, 0.25) is 0 Å². The number of rotatable bonds is 4. The number of hydrogen-bond acceptors (Lipinski definition) is 3. The van der Waals surface area contributed by atoms with Gasteiger partial charge in [0.25, 0.3) is 5.91 Å². The summed E-state index contributed by atoms with van der Waals surface area (Å²) in [5, 5.41) is 0.836. The smallest absolute Gasteiger partial charge is 0.309 e. The second-order valence-electron chi connectivity index (χ2n) is 3.73. The number of carbonyl (C=O) groups is 2. The van der Waals surface area contributed by atoms with Crippen LogP contribution in [0.3, 0.4) is 0 Å². The fraction of sp³-hybridized carbons (Fsp3) is 0.333. The van der Waals surface area contributed by atoms with Gasteiger partial charge in [0.15, 0.2) is 0 Å². The minimum Gasteiger partial charge on any atom is -0.309 e. The van der Waals surface area contributed by atoms with Gasteiger partial charge in [-0.05, 0) is 12.5 Å². The van der Waals surface area contributed by atoms with Gasteiger partial charge in [0, 0.05) is 6.54 Å². The van der Waals surface area contributed by atoms with Crippen molar-refractivity contribution in [1.29, 1.82) is 0 Å². The summed E-state index contributed by atoms with van der Waals surface area (Å²) in [7, 11) is 0. The molecule has 5 nitrogen and oxygen atoms in total. The van der Waals surface area contributed by atoms with Crippen molar-refractivity contribution in [3.8, 4) is 0 Å². The molecule has 1 heterocycles. The van der Waals surface area contributed by atoms with E-state index in [2.05, 4.69) is 0 Å². The van der Waals surface area contributed by atoms with Crippen LogP contribution in [-0.4, -0.2) is 35.1 Å². The van der Waals surface area contributed by atoms with Crippen LogP contribution in [0, 0.1) is 0 Å². The highest BCUT2D eigenvalue weighted by atomic mass is 16.7. The van der Waals surface area contributed by atoms with Crippen molar-refractivity contribution in [2.45, 2.75) is 13.5 Å². The third-order valence-corrected chi connectivity index (χ3v) is 2.47. The van der Waals surface area contributed by atoms with Crippen LogP contribution in [0.15, 0.2) is 30.3 Å². The summed E-state index contributed by atoms with van der Waals surface area (Å²) in [5.74, 6) is -0.312. The number of amides is 3. The van der Waals surface area contributed by atoms with Crippen LogP contribution in [-0.2, 0) is 16.2 Å². The topological polar surface area (TPSA) is 49.9 Å². The van der Waals surface area contributed by atoms with E-state index in [0.717, 1.165) is 10.6 Å². The molecule has 3 amide bonds. The lowest BCUT2D eigenvalue weighted by atomic mass is 10.2. The van der Waals surface area contributed by atoms with E-state index in [1.165, 1.54) is 4.90 Å². The number of hydroxylamine groups is 2. The van der Waals surface area contributed by atoms with Gasteiger partial charge >= 0.3 is 6.03 Å². The Hall–Kier alpha value is -1.88. The maximum absolute atomic E-state index is 11.8. The fourth-order valence-electron chi connectivity index (χ4n) is 1.71. The zero-order valence-corrected chi connectivity index (χ0v) is 9.63. The molecule has 0 unspecified atom stereocenters. The standard InChI is InChI=1S/C12H14N2O3/c1-2-17-14-11(15)9-13(12(14)16)8-10-6-4-3-5-7-10/h3-7H,2,8-9H2,1H3. The number of urea groups is 1.